The molecule has 22 heavy (non-hydrogen) atoms. The van der Waals surface area contributed by atoms with E-state index in [0.717, 1.165) is 23.5 Å². The average Bonchev–Trinajstić information content (AvgIpc) is 3.19. The van der Waals surface area contributed by atoms with E-state index in [1.165, 1.54) is 23.5 Å². The highest BCUT2D eigenvalue weighted by Crippen LogP contribution is 2.17. The van der Waals surface area contributed by atoms with Gasteiger partial charge in [-0.25, -0.2) is 9.37 Å². The Morgan fingerprint density at radius 3 is 2.95 bits per heavy atom. The van der Waals surface area contributed by atoms with Gasteiger partial charge in [0.1, 0.15) is 10.7 Å². The second kappa shape index (κ2) is 6.95. The molecule has 116 valence electrons. The number of aromatic nitrogens is 1. The van der Waals surface area contributed by atoms with Gasteiger partial charge in [0.25, 0.3) is 5.91 Å². The molecule has 5 nitrogen and oxygen atoms in total. The van der Waals surface area contributed by atoms with Crippen molar-refractivity contribution in [1.29, 1.82) is 0 Å². The summed E-state index contributed by atoms with van der Waals surface area (Å²) in [5, 5.41) is 3.75. The van der Waals surface area contributed by atoms with Crippen LogP contribution in [0.15, 0.2) is 30.5 Å². The summed E-state index contributed by atoms with van der Waals surface area (Å²) < 4.78 is 12.9. The van der Waals surface area contributed by atoms with Crippen LogP contribution >= 0.6 is 11.3 Å². The molecule has 1 fully saturated rings. The number of hydrazine groups is 1. The fourth-order valence-electron chi connectivity index (χ4n) is 2.27. The van der Waals surface area contributed by atoms with Gasteiger partial charge in [0.2, 0.25) is 0 Å². The van der Waals surface area contributed by atoms with Crippen LogP contribution in [0.3, 0.4) is 0 Å². The SMILES string of the molecule is O=C(NCC1CCNN1)c1cnc(Cc2ccc(F)cc2)s1. The van der Waals surface area contributed by atoms with Gasteiger partial charge >= 0.3 is 0 Å². The van der Waals surface area contributed by atoms with Gasteiger partial charge in [0.05, 0.1) is 11.2 Å². The second-order valence-corrected chi connectivity index (χ2v) is 6.30. The Balaban J connectivity index is 1.55. The van der Waals surface area contributed by atoms with Crippen molar-refractivity contribution < 1.29 is 9.18 Å². The van der Waals surface area contributed by atoms with Crippen molar-refractivity contribution >= 4 is 17.2 Å². The molecule has 3 N–H and O–H groups in total. The van der Waals surface area contributed by atoms with Crippen LogP contribution in [0, 0.1) is 5.82 Å². The molecule has 1 aliphatic rings. The van der Waals surface area contributed by atoms with Crippen molar-refractivity contribution in [3.63, 3.8) is 0 Å². The van der Waals surface area contributed by atoms with Crippen molar-refractivity contribution in [2.24, 2.45) is 0 Å². The zero-order valence-corrected chi connectivity index (χ0v) is 12.8. The lowest BCUT2D eigenvalue weighted by Crippen LogP contribution is -2.39. The molecule has 1 atom stereocenters. The Hall–Kier alpha value is -1.83. The van der Waals surface area contributed by atoms with Gasteiger partial charge in [-0.3, -0.25) is 15.6 Å². The molecule has 2 heterocycles. The van der Waals surface area contributed by atoms with E-state index in [2.05, 4.69) is 21.2 Å². The lowest BCUT2D eigenvalue weighted by molar-refractivity contribution is 0.0954. The summed E-state index contributed by atoms with van der Waals surface area (Å²) in [4.78, 5) is 16.9. The molecule has 0 saturated carbocycles. The molecule has 1 aliphatic heterocycles. The third kappa shape index (κ3) is 3.88. The monoisotopic (exact) mass is 320 g/mol. The average molecular weight is 320 g/mol. The number of benzene rings is 1. The molecule has 0 aliphatic carbocycles. The van der Waals surface area contributed by atoms with Crippen LogP contribution in [0.1, 0.15) is 26.7 Å². The molecule has 2 aromatic rings. The van der Waals surface area contributed by atoms with E-state index in [0.29, 0.717) is 17.8 Å². The number of carbonyl (C=O) groups is 1. The number of halogens is 1. The normalized spacial score (nSPS) is 17.6. The Bertz CT molecular complexity index is 637. The van der Waals surface area contributed by atoms with Crippen LogP contribution in [-0.2, 0) is 6.42 Å². The first-order valence-corrected chi connectivity index (χ1v) is 7.98. The molecule has 0 radical (unpaired) electrons. The summed E-state index contributed by atoms with van der Waals surface area (Å²) in [5.74, 6) is -0.352. The number of hydrogen-bond acceptors (Lipinski definition) is 5. The maximum absolute atomic E-state index is 12.9. The third-order valence-corrected chi connectivity index (χ3v) is 4.48. The van der Waals surface area contributed by atoms with Crippen LogP contribution < -0.4 is 16.2 Å². The van der Waals surface area contributed by atoms with Crippen LogP contribution in [0.2, 0.25) is 0 Å². The lowest BCUT2D eigenvalue weighted by Gasteiger charge is -2.09. The van der Waals surface area contributed by atoms with Gasteiger partial charge in [-0.2, -0.15) is 0 Å². The molecule has 7 heteroatoms. The minimum atomic E-state index is -0.252. The molecular weight excluding hydrogens is 303 g/mol. The van der Waals surface area contributed by atoms with Gasteiger partial charge in [-0.1, -0.05) is 12.1 Å². The first kappa shape index (κ1) is 15.1. The fourth-order valence-corrected chi connectivity index (χ4v) is 3.13. The van der Waals surface area contributed by atoms with E-state index in [9.17, 15) is 9.18 Å². The second-order valence-electron chi connectivity index (χ2n) is 5.19. The van der Waals surface area contributed by atoms with Crippen LogP contribution in [0.25, 0.3) is 0 Å². The molecule has 1 aromatic carbocycles. The predicted octanol–water partition coefficient (Wildman–Crippen LogP) is 1.47. The number of nitrogens with one attached hydrogen (secondary N) is 3. The Labute approximate surface area is 131 Å². The van der Waals surface area contributed by atoms with Gasteiger partial charge in [-0.15, -0.1) is 11.3 Å². The molecule has 3 rings (SSSR count). The highest BCUT2D eigenvalue weighted by atomic mass is 32.1. The Morgan fingerprint density at radius 2 is 2.23 bits per heavy atom. The smallest absolute Gasteiger partial charge is 0.263 e. The van der Waals surface area contributed by atoms with Crippen molar-refractivity contribution in [2.75, 3.05) is 13.1 Å². The van der Waals surface area contributed by atoms with Crippen molar-refractivity contribution in [2.45, 2.75) is 18.9 Å². The standard InChI is InChI=1S/C15H17FN4OS/c16-11-3-1-10(2-4-11)7-14-17-9-13(22-14)15(21)18-8-12-5-6-19-20-12/h1-4,9,12,19-20H,5-8H2,(H,18,21). The van der Waals surface area contributed by atoms with E-state index in [1.807, 2.05) is 0 Å². The molecular formula is C15H17FN4OS. The van der Waals surface area contributed by atoms with E-state index in [-0.39, 0.29) is 17.8 Å². The van der Waals surface area contributed by atoms with Crippen molar-refractivity contribution in [3.05, 3.63) is 51.7 Å². The van der Waals surface area contributed by atoms with E-state index in [4.69, 9.17) is 0 Å². The van der Waals surface area contributed by atoms with Gasteiger partial charge in [0, 0.05) is 25.6 Å². The van der Waals surface area contributed by atoms with Gasteiger partial charge < -0.3 is 5.32 Å². The number of rotatable bonds is 5. The van der Waals surface area contributed by atoms with Crippen molar-refractivity contribution in [1.82, 2.24) is 21.2 Å². The molecule has 0 bridgehead atoms. The Kier molecular flexibility index (Phi) is 4.77. The minimum Gasteiger partial charge on any atom is -0.350 e. The summed E-state index contributed by atoms with van der Waals surface area (Å²) in [6, 6.07) is 6.60. The van der Waals surface area contributed by atoms with E-state index >= 15 is 0 Å². The van der Waals surface area contributed by atoms with E-state index < -0.39 is 0 Å². The maximum atomic E-state index is 12.9. The van der Waals surface area contributed by atoms with Crippen LogP contribution in [-0.4, -0.2) is 30.0 Å². The fraction of sp³-hybridized carbons (Fsp3) is 0.333. The summed E-state index contributed by atoms with van der Waals surface area (Å²) in [6.07, 6.45) is 3.20. The number of nitrogens with zero attached hydrogens (tertiary/aromatic N) is 1. The zero-order chi connectivity index (χ0) is 15.4. The Morgan fingerprint density at radius 1 is 1.41 bits per heavy atom. The summed E-state index contributed by atoms with van der Waals surface area (Å²) in [7, 11) is 0. The van der Waals surface area contributed by atoms with Crippen LogP contribution in [0.4, 0.5) is 4.39 Å². The molecule has 1 aromatic heterocycles. The van der Waals surface area contributed by atoms with E-state index in [1.54, 1.807) is 18.3 Å². The number of amides is 1. The topological polar surface area (TPSA) is 66.1 Å². The quantitative estimate of drug-likeness (QED) is 0.780. The summed E-state index contributed by atoms with van der Waals surface area (Å²) >= 11 is 1.37. The van der Waals surface area contributed by atoms with Gasteiger partial charge in [-0.05, 0) is 24.1 Å². The molecule has 1 unspecified atom stereocenters. The first-order chi connectivity index (χ1) is 10.7. The third-order valence-electron chi connectivity index (χ3n) is 3.48. The first-order valence-electron chi connectivity index (χ1n) is 7.16. The molecule has 1 saturated heterocycles. The number of carbonyl (C=O) groups excluding carboxylic acids is 1. The molecule has 1 amide bonds. The zero-order valence-electron chi connectivity index (χ0n) is 11.9. The predicted molar refractivity (Wildman–Crippen MR) is 83.2 cm³/mol. The summed E-state index contributed by atoms with van der Waals surface area (Å²) in [6.45, 7) is 1.51. The number of hydrogen-bond donors (Lipinski definition) is 3. The maximum Gasteiger partial charge on any atom is 0.263 e. The van der Waals surface area contributed by atoms with Gasteiger partial charge in [0.15, 0.2) is 0 Å². The highest BCUT2D eigenvalue weighted by molar-refractivity contribution is 7.13. The largest absolute Gasteiger partial charge is 0.350 e. The van der Waals surface area contributed by atoms with Crippen LogP contribution in [0.5, 0.6) is 0 Å². The summed E-state index contributed by atoms with van der Waals surface area (Å²) in [5.41, 5.74) is 7.11. The highest BCUT2D eigenvalue weighted by Gasteiger charge is 2.16. The number of thiazole rings is 1. The minimum absolute atomic E-state index is 0.100. The van der Waals surface area contributed by atoms with Crippen molar-refractivity contribution in [3.8, 4) is 0 Å². The lowest BCUT2D eigenvalue weighted by atomic mass is 10.2. The molecule has 0 spiro atoms.